The van der Waals surface area contributed by atoms with E-state index in [1.54, 1.807) is 19.5 Å². The number of hydrogen-bond donors (Lipinski definition) is 1. The Morgan fingerprint density at radius 2 is 1.95 bits per heavy atom. The van der Waals surface area contributed by atoms with Gasteiger partial charge in [-0.25, -0.2) is 0 Å². The van der Waals surface area contributed by atoms with Gasteiger partial charge in [0.25, 0.3) is 0 Å². The third-order valence-electron chi connectivity index (χ3n) is 2.94. The smallest absolute Gasteiger partial charge is 0.118 e. The molecule has 0 fully saturated rings. The first-order chi connectivity index (χ1) is 9.19. The Kier molecular flexibility index (Phi) is 4.77. The molecule has 1 aromatic carbocycles. The molecule has 19 heavy (non-hydrogen) atoms. The number of rotatable bonds is 5. The van der Waals surface area contributed by atoms with Crippen molar-refractivity contribution in [2.75, 3.05) is 7.11 Å². The van der Waals surface area contributed by atoms with Gasteiger partial charge in [-0.15, -0.1) is 0 Å². The molecule has 100 valence electrons. The second kappa shape index (κ2) is 6.55. The van der Waals surface area contributed by atoms with Gasteiger partial charge in [-0.2, -0.15) is 0 Å². The van der Waals surface area contributed by atoms with Gasteiger partial charge in [0, 0.05) is 18.8 Å². The minimum Gasteiger partial charge on any atom is -0.497 e. The molecule has 2 aromatic rings. The molecule has 0 aliphatic heterocycles. The van der Waals surface area contributed by atoms with E-state index >= 15 is 0 Å². The van der Waals surface area contributed by atoms with E-state index in [4.69, 9.17) is 16.3 Å². The maximum atomic E-state index is 10.1. The summed E-state index contributed by atoms with van der Waals surface area (Å²) in [7, 11) is 1.63. The van der Waals surface area contributed by atoms with Gasteiger partial charge in [-0.3, -0.25) is 4.98 Å². The average Bonchev–Trinajstić information content (AvgIpc) is 2.42. The second-order valence-corrected chi connectivity index (χ2v) is 4.78. The SMILES string of the molecule is COc1ccc(CC(O)Cc2ccncc2Cl)cc1. The van der Waals surface area contributed by atoms with Gasteiger partial charge in [-0.1, -0.05) is 23.7 Å². The number of ether oxygens (including phenoxy) is 1. The van der Waals surface area contributed by atoms with Gasteiger partial charge in [0.05, 0.1) is 18.2 Å². The average molecular weight is 278 g/mol. The zero-order valence-electron chi connectivity index (χ0n) is 10.7. The summed E-state index contributed by atoms with van der Waals surface area (Å²) < 4.78 is 5.10. The molecule has 1 N–H and O–H groups in total. The van der Waals surface area contributed by atoms with E-state index in [1.807, 2.05) is 30.3 Å². The molecular weight excluding hydrogens is 262 g/mol. The van der Waals surface area contributed by atoms with E-state index in [-0.39, 0.29) is 0 Å². The van der Waals surface area contributed by atoms with Crippen LogP contribution in [0.25, 0.3) is 0 Å². The summed E-state index contributed by atoms with van der Waals surface area (Å²) in [5, 5.41) is 10.7. The Balaban J connectivity index is 1.97. The van der Waals surface area contributed by atoms with Crippen LogP contribution in [-0.2, 0) is 12.8 Å². The van der Waals surface area contributed by atoms with Gasteiger partial charge in [0.1, 0.15) is 5.75 Å². The van der Waals surface area contributed by atoms with E-state index in [0.29, 0.717) is 17.9 Å². The number of aromatic nitrogens is 1. The first kappa shape index (κ1) is 13.8. The molecule has 4 heteroatoms. The first-order valence-electron chi connectivity index (χ1n) is 6.08. The van der Waals surface area contributed by atoms with Crippen molar-refractivity contribution < 1.29 is 9.84 Å². The molecule has 2 rings (SSSR count). The van der Waals surface area contributed by atoms with Crippen LogP contribution in [0.2, 0.25) is 5.02 Å². The Morgan fingerprint density at radius 1 is 1.21 bits per heavy atom. The normalized spacial score (nSPS) is 12.2. The van der Waals surface area contributed by atoms with Crippen molar-refractivity contribution in [1.82, 2.24) is 4.98 Å². The lowest BCUT2D eigenvalue weighted by Gasteiger charge is -2.12. The lowest BCUT2D eigenvalue weighted by atomic mass is 10.0. The number of aliphatic hydroxyl groups excluding tert-OH is 1. The van der Waals surface area contributed by atoms with E-state index in [9.17, 15) is 5.11 Å². The Morgan fingerprint density at radius 3 is 2.58 bits per heavy atom. The predicted molar refractivity (Wildman–Crippen MR) is 75.7 cm³/mol. The molecule has 0 spiro atoms. The number of methoxy groups -OCH3 is 1. The Hall–Kier alpha value is -1.58. The van der Waals surface area contributed by atoms with Crippen molar-refractivity contribution in [3.63, 3.8) is 0 Å². The molecule has 1 unspecified atom stereocenters. The molecule has 0 aliphatic rings. The van der Waals surface area contributed by atoms with Gasteiger partial charge in [0.2, 0.25) is 0 Å². The minimum atomic E-state index is -0.465. The van der Waals surface area contributed by atoms with Crippen LogP contribution in [0.3, 0.4) is 0 Å². The second-order valence-electron chi connectivity index (χ2n) is 4.38. The molecule has 1 atom stereocenters. The lowest BCUT2D eigenvalue weighted by Crippen LogP contribution is -2.14. The number of aliphatic hydroxyl groups is 1. The highest BCUT2D eigenvalue weighted by molar-refractivity contribution is 6.31. The summed E-state index contributed by atoms with van der Waals surface area (Å²) in [6.45, 7) is 0. The van der Waals surface area contributed by atoms with E-state index in [1.165, 1.54) is 0 Å². The van der Waals surface area contributed by atoms with Crippen LogP contribution in [0.15, 0.2) is 42.7 Å². The molecule has 0 bridgehead atoms. The zero-order valence-corrected chi connectivity index (χ0v) is 11.5. The molecule has 3 nitrogen and oxygen atoms in total. The van der Waals surface area contributed by atoms with Crippen molar-refractivity contribution in [3.05, 3.63) is 58.9 Å². The summed E-state index contributed by atoms with van der Waals surface area (Å²) in [5.74, 6) is 0.815. The van der Waals surface area contributed by atoms with Crippen LogP contribution in [0.4, 0.5) is 0 Å². The van der Waals surface area contributed by atoms with Crippen LogP contribution in [0, 0.1) is 0 Å². The summed E-state index contributed by atoms with van der Waals surface area (Å²) >= 11 is 6.02. The summed E-state index contributed by atoms with van der Waals surface area (Å²) in [4.78, 5) is 3.93. The fraction of sp³-hybridized carbons (Fsp3) is 0.267. The third kappa shape index (κ3) is 3.94. The van der Waals surface area contributed by atoms with Crippen LogP contribution in [-0.4, -0.2) is 23.3 Å². The van der Waals surface area contributed by atoms with Crippen molar-refractivity contribution in [2.45, 2.75) is 18.9 Å². The summed E-state index contributed by atoms with van der Waals surface area (Å²) in [6, 6.07) is 9.52. The van der Waals surface area contributed by atoms with Gasteiger partial charge in [-0.05, 0) is 35.7 Å². The van der Waals surface area contributed by atoms with Crippen molar-refractivity contribution in [2.24, 2.45) is 0 Å². The van der Waals surface area contributed by atoms with E-state index in [0.717, 1.165) is 16.9 Å². The highest BCUT2D eigenvalue weighted by Crippen LogP contribution is 2.18. The Bertz CT molecular complexity index is 528. The van der Waals surface area contributed by atoms with E-state index < -0.39 is 6.10 Å². The quantitative estimate of drug-likeness (QED) is 0.914. The third-order valence-corrected chi connectivity index (χ3v) is 3.28. The number of halogens is 1. The molecule has 1 heterocycles. The van der Waals surface area contributed by atoms with Crippen molar-refractivity contribution in [1.29, 1.82) is 0 Å². The summed E-state index contributed by atoms with van der Waals surface area (Å²) in [6.07, 6.45) is 3.92. The molecule has 0 amide bonds. The van der Waals surface area contributed by atoms with Gasteiger partial charge in [0.15, 0.2) is 0 Å². The summed E-state index contributed by atoms with van der Waals surface area (Å²) in [5.41, 5.74) is 1.98. The lowest BCUT2D eigenvalue weighted by molar-refractivity contribution is 0.175. The molecule has 0 saturated heterocycles. The minimum absolute atomic E-state index is 0.465. The molecule has 0 radical (unpaired) electrons. The van der Waals surface area contributed by atoms with Crippen molar-refractivity contribution in [3.8, 4) is 5.75 Å². The highest BCUT2D eigenvalue weighted by atomic mass is 35.5. The fourth-order valence-electron chi connectivity index (χ4n) is 1.93. The van der Waals surface area contributed by atoms with Crippen LogP contribution < -0.4 is 4.74 Å². The van der Waals surface area contributed by atoms with Crippen LogP contribution in [0.5, 0.6) is 5.75 Å². The van der Waals surface area contributed by atoms with Crippen molar-refractivity contribution >= 4 is 11.6 Å². The first-order valence-corrected chi connectivity index (χ1v) is 6.46. The highest BCUT2D eigenvalue weighted by Gasteiger charge is 2.09. The van der Waals surface area contributed by atoms with Crippen LogP contribution >= 0.6 is 11.6 Å². The number of hydrogen-bond acceptors (Lipinski definition) is 3. The fourth-order valence-corrected chi connectivity index (χ4v) is 2.13. The maximum Gasteiger partial charge on any atom is 0.118 e. The monoisotopic (exact) mass is 277 g/mol. The predicted octanol–water partition coefficient (Wildman–Crippen LogP) is 2.89. The standard InChI is InChI=1S/C15H16ClNO2/c1-19-14-4-2-11(3-5-14)8-13(18)9-12-6-7-17-10-15(12)16/h2-7,10,13,18H,8-9H2,1H3. The van der Waals surface area contributed by atoms with Gasteiger partial charge >= 0.3 is 0 Å². The molecule has 0 aliphatic carbocycles. The maximum absolute atomic E-state index is 10.1. The molecular formula is C15H16ClNO2. The number of nitrogens with zero attached hydrogens (tertiary/aromatic N) is 1. The van der Waals surface area contributed by atoms with Gasteiger partial charge < -0.3 is 9.84 Å². The van der Waals surface area contributed by atoms with E-state index in [2.05, 4.69) is 4.98 Å². The largest absolute Gasteiger partial charge is 0.497 e. The topological polar surface area (TPSA) is 42.4 Å². The zero-order chi connectivity index (χ0) is 13.7. The number of pyridine rings is 1. The number of benzene rings is 1. The molecule has 0 saturated carbocycles. The van der Waals surface area contributed by atoms with Crippen LogP contribution in [0.1, 0.15) is 11.1 Å². The Labute approximate surface area is 117 Å². The molecule has 1 aromatic heterocycles.